The van der Waals surface area contributed by atoms with Crippen LogP contribution in [0.2, 0.25) is 0 Å². The number of carbonyl (C=O) groups is 2. The first-order valence-electron chi connectivity index (χ1n) is 12.7. The third-order valence-corrected chi connectivity index (χ3v) is 7.20. The number of fused-ring (bicyclic) bond motifs is 1. The summed E-state index contributed by atoms with van der Waals surface area (Å²) in [6.07, 6.45) is 6.88. The number of likely N-dealkylation sites (tertiary alicyclic amines) is 1. The van der Waals surface area contributed by atoms with E-state index < -0.39 is 5.91 Å². The topological polar surface area (TPSA) is 93.2 Å². The predicted molar refractivity (Wildman–Crippen MR) is 136 cm³/mol. The molecule has 1 aliphatic carbocycles. The highest BCUT2D eigenvalue weighted by Gasteiger charge is 2.32. The zero-order valence-electron chi connectivity index (χ0n) is 20.1. The number of amides is 2. The first-order valence-corrected chi connectivity index (χ1v) is 12.7. The molecule has 182 valence electrons. The zero-order valence-corrected chi connectivity index (χ0v) is 20.1. The number of hydrogen-bond acceptors (Lipinski definition) is 4. The van der Waals surface area contributed by atoms with E-state index >= 15 is 0 Å². The third-order valence-electron chi connectivity index (χ3n) is 7.20. The maximum Gasteiger partial charge on any atom is 0.274 e. The molecule has 35 heavy (non-hydrogen) atoms. The number of rotatable bonds is 7. The van der Waals surface area contributed by atoms with Crippen molar-refractivity contribution in [2.24, 2.45) is 5.73 Å². The van der Waals surface area contributed by atoms with Gasteiger partial charge in [-0.05, 0) is 81.3 Å². The van der Waals surface area contributed by atoms with Crippen LogP contribution in [0.3, 0.4) is 0 Å². The molecule has 0 saturated carbocycles. The number of nitrogens with zero attached hydrogens (tertiary/aromatic N) is 3. The molecular weight excluding hydrogens is 438 g/mol. The first kappa shape index (κ1) is 23.3. The molecule has 0 radical (unpaired) electrons. The number of benzene rings is 2. The average Bonchev–Trinajstić information content (AvgIpc) is 3.28. The molecule has 1 unspecified atom stereocenters. The maximum absolute atomic E-state index is 13.5. The van der Waals surface area contributed by atoms with Gasteiger partial charge in [-0.2, -0.15) is 5.10 Å². The Morgan fingerprint density at radius 1 is 1.00 bits per heavy atom. The standard InChI is InChI=1S/C28H33N5O2/c29-27(34)21-9-12-23(13-10-21)33-25-14-11-22(30-16-15-20-7-3-1-4-8-20)19-24(25)26(31-33)28(35)32-17-5-2-6-18-32/h1,3-4,7-10,12-13,22,30H,2,5-6,11,14-19H2,(H2,29,34). The molecule has 7 nitrogen and oxygen atoms in total. The summed E-state index contributed by atoms with van der Waals surface area (Å²) < 4.78 is 1.90. The summed E-state index contributed by atoms with van der Waals surface area (Å²) in [5, 5.41) is 8.57. The Hall–Kier alpha value is -3.45. The number of aromatic nitrogens is 2. The second-order valence-electron chi connectivity index (χ2n) is 9.58. The molecule has 1 atom stereocenters. The second kappa shape index (κ2) is 10.4. The molecule has 0 bridgehead atoms. The lowest BCUT2D eigenvalue weighted by molar-refractivity contribution is 0.0716. The van der Waals surface area contributed by atoms with E-state index in [1.807, 2.05) is 27.8 Å². The van der Waals surface area contributed by atoms with E-state index in [0.29, 0.717) is 17.3 Å². The van der Waals surface area contributed by atoms with Gasteiger partial charge < -0.3 is 16.0 Å². The van der Waals surface area contributed by atoms with Gasteiger partial charge >= 0.3 is 0 Å². The van der Waals surface area contributed by atoms with Crippen LogP contribution in [-0.4, -0.2) is 52.2 Å². The molecule has 5 rings (SSSR count). The molecular formula is C28H33N5O2. The van der Waals surface area contributed by atoms with E-state index in [0.717, 1.165) is 75.1 Å². The van der Waals surface area contributed by atoms with Crippen LogP contribution in [0.1, 0.15) is 63.4 Å². The van der Waals surface area contributed by atoms with Gasteiger partial charge in [0.05, 0.1) is 5.69 Å². The predicted octanol–water partition coefficient (Wildman–Crippen LogP) is 3.29. The van der Waals surface area contributed by atoms with E-state index in [9.17, 15) is 9.59 Å². The molecule has 3 aromatic rings. The maximum atomic E-state index is 13.5. The van der Waals surface area contributed by atoms with E-state index in [1.165, 1.54) is 12.0 Å². The SMILES string of the molecule is NC(=O)c1ccc(-n2nc(C(=O)N3CCCCC3)c3c2CCC(NCCc2ccccc2)C3)cc1. The first-order chi connectivity index (χ1) is 17.1. The van der Waals surface area contributed by atoms with Crippen LogP contribution in [0.15, 0.2) is 54.6 Å². The summed E-state index contributed by atoms with van der Waals surface area (Å²) in [4.78, 5) is 27.0. The van der Waals surface area contributed by atoms with Crippen LogP contribution < -0.4 is 11.1 Å². The number of nitrogens with two attached hydrogens (primary N) is 1. The number of hydrogen-bond donors (Lipinski definition) is 2. The molecule has 2 aliphatic rings. The van der Waals surface area contributed by atoms with Gasteiger partial charge in [0.15, 0.2) is 5.69 Å². The lowest BCUT2D eigenvalue weighted by Gasteiger charge is -2.27. The minimum Gasteiger partial charge on any atom is -0.366 e. The lowest BCUT2D eigenvalue weighted by atomic mass is 9.90. The third kappa shape index (κ3) is 5.15. The van der Waals surface area contributed by atoms with Gasteiger partial charge in [0.25, 0.3) is 5.91 Å². The van der Waals surface area contributed by atoms with Crippen molar-refractivity contribution in [3.63, 3.8) is 0 Å². The van der Waals surface area contributed by atoms with Crippen molar-refractivity contribution in [1.82, 2.24) is 20.0 Å². The summed E-state index contributed by atoms with van der Waals surface area (Å²) in [5.41, 5.74) is 10.8. The van der Waals surface area contributed by atoms with Gasteiger partial charge in [-0.15, -0.1) is 0 Å². The highest BCUT2D eigenvalue weighted by atomic mass is 16.2. The van der Waals surface area contributed by atoms with Crippen molar-refractivity contribution in [3.8, 4) is 5.69 Å². The Morgan fingerprint density at radius 3 is 2.46 bits per heavy atom. The Kier molecular flexibility index (Phi) is 6.95. The van der Waals surface area contributed by atoms with Crippen molar-refractivity contribution < 1.29 is 9.59 Å². The molecule has 2 heterocycles. The molecule has 1 aromatic heterocycles. The summed E-state index contributed by atoms with van der Waals surface area (Å²) in [5.74, 6) is -0.414. The Balaban J connectivity index is 1.39. The number of nitrogens with one attached hydrogen (secondary N) is 1. The van der Waals surface area contributed by atoms with Gasteiger partial charge in [0, 0.05) is 36.0 Å². The van der Waals surface area contributed by atoms with Crippen molar-refractivity contribution in [1.29, 1.82) is 0 Å². The minimum atomic E-state index is -0.454. The van der Waals surface area contributed by atoms with E-state index in [1.54, 1.807) is 12.1 Å². The van der Waals surface area contributed by atoms with Crippen LogP contribution in [-0.2, 0) is 19.3 Å². The largest absolute Gasteiger partial charge is 0.366 e. The summed E-state index contributed by atoms with van der Waals surface area (Å²) >= 11 is 0. The summed E-state index contributed by atoms with van der Waals surface area (Å²) in [7, 11) is 0. The van der Waals surface area contributed by atoms with E-state index in [4.69, 9.17) is 10.8 Å². The Bertz CT molecular complexity index is 1180. The van der Waals surface area contributed by atoms with Gasteiger partial charge in [0.2, 0.25) is 5.91 Å². The van der Waals surface area contributed by atoms with Gasteiger partial charge in [-0.1, -0.05) is 30.3 Å². The van der Waals surface area contributed by atoms with Crippen LogP contribution in [0.4, 0.5) is 0 Å². The van der Waals surface area contributed by atoms with Crippen LogP contribution >= 0.6 is 0 Å². The molecule has 3 N–H and O–H groups in total. The average molecular weight is 472 g/mol. The van der Waals surface area contributed by atoms with E-state index in [-0.39, 0.29) is 5.91 Å². The number of primary amides is 1. The Morgan fingerprint density at radius 2 is 1.74 bits per heavy atom. The highest BCUT2D eigenvalue weighted by Crippen LogP contribution is 2.29. The summed E-state index contributed by atoms with van der Waals surface area (Å²) in [6, 6.07) is 18.0. The fourth-order valence-corrected chi connectivity index (χ4v) is 5.25. The molecule has 1 fully saturated rings. The Labute approximate surface area is 206 Å². The quantitative estimate of drug-likeness (QED) is 0.553. The fraction of sp³-hybridized carbons (Fsp3) is 0.393. The van der Waals surface area contributed by atoms with Crippen molar-refractivity contribution >= 4 is 11.8 Å². The van der Waals surface area contributed by atoms with Gasteiger partial charge in [-0.3, -0.25) is 9.59 Å². The molecule has 2 aromatic carbocycles. The number of piperidine rings is 1. The minimum absolute atomic E-state index is 0.0402. The lowest BCUT2D eigenvalue weighted by Crippen LogP contribution is -2.38. The van der Waals surface area contributed by atoms with E-state index in [2.05, 4.69) is 29.6 Å². The summed E-state index contributed by atoms with van der Waals surface area (Å²) in [6.45, 7) is 2.50. The smallest absolute Gasteiger partial charge is 0.274 e. The fourth-order valence-electron chi connectivity index (χ4n) is 5.25. The normalized spacial score (nSPS) is 17.7. The second-order valence-corrected chi connectivity index (χ2v) is 9.58. The number of carbonyl (C=O) groups excluding carboxylic acids is 2. The van der Waals surface area contributed by atoms with Crippen LogP contribution in [0, 0.1) is 0 Å². The van der Waals surface area contributed by atoms with Crippen LogP contribution in [0.25, 0.3) is 5.69 Å². The molecule has 0 spiro atoms. The van der Waals surface area contributed by atoms with Crippen molar-refractivity contribution in [2.75, 3.05) is 19.6 Å². The van der Waals surface area contributed by atoms with Crippen LogP contribution in [0.5, 0.6) is 0 Å². The highest BCUT2D eigenvalue weighted by molar-refractivity contribution is 5.94. The molecule has 7 heteroatoms. The molecule has 1 aliphatic heterocycles. The van der Waals surface area contributed by atoms with Gasteiger partial charge in [-0.25, -0.2) is 4.68 Å². The van der Waals surface area contributed by atoms with Crippen molar-refractivity contribution in [2.45, 2.75) is 51.0 Å². The monoisotopic (exact) mass is 471 g/mol. The van der Waals surface area contributed by atoms with Gasteiger partial charge in [0.1, 0.15) is 0 Å². The zero-order chi connectivity index (χ0) is 24.2. The molecule has 2 amide bonds. The van der Waals surface area contributed by atoms with Crippen molar-refractivity contribution in [3.05, 3.63) is 82.7 Å². The molecule has 1 saturated heterocycles.